The van der Waals surface area contributed by atoms with Gasteiger partial charge in [0.25, 0.3) is 5.56 Å². The number of carbonyl (C=O) groups is 1. The van der Waals surface area contributed by atoms with E-state index in [-0.39, 0.29) is 23.7 Å². The molecule has 1 amide bonds. The van der Waals surface area contributed by atoms with Gasteiger partial charge in [0.05, 0.1) is 11.0 Å². The largest absolute Gasteiger partial charge is 0.324 e. The second kappa shape index (κ2) is 6.92. The summed E-state index contributed by atoms with van der Waals surface area (Å²) < 4.78 is 3.24. The van der Waals surface area contributed by atoms with Gasteiger partial charge < -0.3 is 5.32 Å². The van der Waals surface area contributed by atoms with E-state index in [0.29, 0.717) is 11.9 Å². The molecule has 142 valence electrons. The molecule has 2 aromatic heterocycles. The number of hydrogen-bond donors (Lipinski definition) is 1. The summed E-state index contributed by atoms with van der Waals surface area (Å²) in [5.74, 6) is 0.458. The van der Waals surface area contributed by atoms with Gasteiger partial charge in [-0.25, -0.2) is 0 Å². The summed E-state index contributed by atoms with van der Waals surface area (Å²) >= 11 is 0. The van der Waals surface area contributed by atoms with Crippen molar-refractivity contribution in [3.63, 3.8) is 0 Å². The molecule has 7 heteroatoms. The number of amides is 1. The van der Waals surface area contributed by atoms with E-state index >= 15 is 0 Å². The summed E-state index contributed by atoms with van der Waals surface area (Å²) in [5, 5.41) is 11.1. The molecule has 2 aromatic carbocycles. The number of nitrogens with one attached hydrogen (secondary N) is 1. The summed E-state index contributed by atoms with van der Waals surface area (Å²) in [4.78, 5) is 25.8. The van der Waals surface area contributed by atoms with Crippen molar-refractivity contribution in [2.75, 3.05) is 5.32 Å². The Morgan fingerprint density at radius 2 is 1.68 bits per heavy atom. The summed E-state index contributed by atoms with van der Waals surface area (Å²) in [6.07, 6.45) is 0.654. The molecule has 7 nitrogen and oxygen atoms in total. The van der Waals surface area contributed by atoms with Gasteiger partial charge in [-0.15, -0.1) is 10.2 Å². The predicted molar refractivity (Wildman–Crippen MR) is 109 cm³/mol. The van der Waals surface area contributed by atoms with Crippen molar-refractivity contribution >= 4 is 28.3 Å². The lowest BCUT2D eigenvalue weighted by atomic mass is 10.1. The smallest absolute Gasteiger partial charge is 0.297 e. The highest BCUT2D eigenvalue weighted by molar-refractivity contribution is 5.93. The van der Waals surface area contributed by atoms with Crippen molar-refractivity contribution in [1.29, 1.82) is 0 Å². The average molecular weight is 375 g/mol. The molecule has 0 aliphatic heterocycles. The topological polar surface area (TPSA) is 81.3 Å². The van der Waals surface area contributed by atoms with Gasteiger partial charge in [-0.05, 0) is 37.1 Å². The van der Waals surface area contributed by atoms with E-state index < -0.39 is 0 Å². The second-order valence-electron chi connectivity index (χ2n) is 6.82. The van der Waals surface area contributed by atoms with Crippen LogP contribution in [-0.4, -0.2) is 25.1 Å². The molecule has 0 bridgehead atoms. The normalized spacial score (nSPS) is 11.2. The third-order valence-corrected chi connectivity index (χ3v) is 4.94. The Hall–Kier alpha value is -3.48. The molecule has 28 heavy (non-hydrogen) atoms. The van der Waals surface area contributed by atoms with Gasteiger partial charge in [0.15, 0.2) is 0 Å². The van der Waals surface area contributed by atoms with Crippen LogP contribution < -0.4 is 10.9 Å². The maximum atomic E-state index is 13.1. The minimum atomic E-state index is -0.331. The zero-order valence-electron chi connectivity index (χ0n) is 16.1. The first kappa shape index (κ1) is 17.9. The Labute approximate surface area is 161 Å². The molecular formula is C21H21N5O2. The fourth-order valence-corrected chi connectivity index (χ4v) is 3.54. The summed E-state index contributed by atoms with van der Waals surface area (Å²) in [7, 11) is 0. The number of benzene rings is 2. The molecule has 0 fully saturated rings. The molecule has 0 saturated heterocycles. The highest BCUT2D eigenvalue weighted by Gasteiger charge is 2.17. The monoisotopic (exact) mass is 375 g/mol. The summed E-state index contributed by atoms with van der Waals surface area (Å²) in [6.45, 7) is 5.75. The Kier molecular flexibility index (Phi) is 4.43. The second-order valence-corrected chi connectivity index (χ2v) is 6.82. The molecule has 0 atom stereocenters. The van der Waals surface area contributed by atoms with Crippen LogP contribution in [0.15, 0.2) is 47.3 Å². The van der Waals surface area contributed by atoms with Crippen LogP contribution in [0.4, 0.5) is 5.69 Å². The third kappa shape index (κ3) is 2.85. The van der Waals surface area contributed by atoms with Gasteiger partial charge in [-0.2, -0.15) is 0 Å². The lowest BCUT2D eigenvalue weighted by molar-refractivity contribution is -0.116. The van der Waals surface area contributed by atoms with Crippen molar-refractivity contribution in [3.8, 4) is 0 Å². The number of carbonyl (C=O) groups excluding carboxylic acids is 1. The molecular weight excluding hydrogens is 354 g/mol. The molecule has 1 N–H and O–H groups in total. The standard InChI is InChI=1S/C21H21N5O2/c1-4-17-23-24-20-21(28)25(15-10-5-6-11-16(15)26(17)20)12-18(27)22-19-13(2)8-7-9-14(19)3/h5-11H,4,12H2,1-3H3,(H,22,27). The van der Waals surface area contributed by atoms with Crippen LogP contribution >= 0.6 is 0 Å². The SMILES string of the molecule is CCc1nnc2c(=O)n(CC(=O)Nc3c(C)cccc3C)c3ccccc3n12. The maximum absolute atomic E-state index is 13.1. The van der Waals surface area contributed by atoms with E-state index in [9.17, 15) is 9.59 Å². The summed E-state index contributed by atoms with van der Waals surface area (Å²) in [6, 6.07) is 13.3. The molecule has 0 unspecified atom stereocenters. The molecule has 2 heterocycles. The number of nitrogens with zero attached hydrogens (tertiary/aromatic N) is 4. The van der Waals surface area contributed by atoms with Crippen molar-refractivity contribution < 1.29 is 4.79 Å². The fourth-order valence-electron chi connectivity index (χ4n) is 3.54. The molecule has 0 spiro atoms. The fraction of sp³-hybridized carbons (Fsp3) is 0.238. The van der Waals surface area contributed by atoms with Crippen molar-refractivity contribution in [1.82, 2.24) is 19.2 Å². The summed E-state index contributed by atoms with van der Waals surface area (Å²) in [5.41, 5.74) is 4.11. The minimum Gasteiger partial charge on any atom is -0.324 e. The van der Waals surface area contributed by atoms with E-state index in [2.05, 4.69) is 15.5 Å². The van der Waals surface area contributed by atoms with Gasteiger partial charge in [-0.1, -0.05) is 37.3 Å². The van der Waals surface area contributed by atoms with Gasteiger partial charge in [0, 0.05) is 12.1 Å². The van der Waals surface area contributed by atoms with Crippen LogP contribution in [-0.2, 0) is 17.8 Å². The number of aromatic nitrogens is 4. The van der Waals surface area contributed by atoms with Crippen LogP contribution in [0.25, 0.3) is 16.7 Å². The maximum Gasteiger partial charge on any atom is 0.297 e. The van der Waals surface area contributed by atoms with Crippen LogP contribution in [0.3, 0.4) is 0 Å². The first-order valence-corrected chi connectivity index (χ1v) is 9.23. The molecule has 4 rings (SSSR count). The highest BCUT2D eigenvalue weighted by Crippen LogP contribution is 2.20. The Morgan fingerprint density at radius 3 is 2.36 bits per heavy atom. The number of para-hydroxylation sites is 3. The zero-order valence-corrected chi connectivity index (χ0v) is 16.1. The van der Waals surface area contributed by atoms with Gasteiger partial charge >= 0.3 is 0 Å². The number of rotatable bonds is 4. The first-order chi connectivity index (χ1) is 13.5. The number of hydrogen-bond acceptors (Lipinski definition) is 4. The molecule has 4 aromatic rings. The van der Waals surface area contributed by atoms with E-state index in [0.717, 1.165) is 28.2 Å². The van der Waals surface area contributed by atoms with E-state index in [1.165, 1.54) is 4.57 Å². The van der Waals surface area contributed by atoms with E-state index in [1.54, 1.807) is 4.40 Å². The van der Waals surface area contributed by atoms with E-state index in [1.807, 2.05) is 63.2 Å². The molecule has 0 aliphatic carbocycles. The van der Waals surface area contributed by atoms with E-state index in [4.69, 9.17) is 0 Å². The highest BCUT2D eigenvalue weighted by atomic mass is 16.2. The van der Waals surface area contributed by atoms with Crippen molar-refractivity contribution in [2.45, 2.75) is 33.7 Å². The molecule has 0 saturated carbocycles. The van der Waals surface area contributed by atoms with Gasteiger partial charge in [0.1, 0.15) is 12.4 Å². The van der Waals surface area contributed by atoms with Gasteiger partial charge in [-0.3, -0.25) is 18.6 Å². The Bertz CT molecular complexity index is 1250. The van der Waals surface area contributed by atoms with Crippen molar-refractivity contribution in [2.24, 2.45) is 0 Å². The van der Waals surface area contributed by atoms with Crippen LogP contribution in [0.2, 0.25) is 0 Å². The van der Waals surface area contributed by atoms with Crippen LogP contribution in [0.1, 0.15) is 23.9 Å². The number of fused-ring (bicyclic) bond motifs is 3. The molecule has 0 radical (unpaired) electrons. The number of aryl methyl sites for hydroxylation is 3. The lowest BCUT2D eigenvalue weighted by Crippen LogP contribution is -2.30. The predicted octanol–water partition coefficient (Wildman–Crippen LogP) is 2.86. The lowest BCUT2D eigenvalue weighted by Gasteiger charge is -2.14. The number of anilines is 1. The first-order valence-electron chi connectivity index (χ1n) is 9.23. The van der Waals surface area contributed by atoms with Crippen molar-refractivity contribution in [3.05, 3.63) is 69.8 Å². The van der Waals surface area contributed by atoms with Crippen LogP contribution in [0, 0.1) is 13.8 Å². The van der Waals surface area contributed by atoms with Gasteiger partial charge in [0.2, 0.25) is 11.6 Å². The third-order valence-electron chi connectivity index (χ3n) is 4.94. The quantitative estimate of drug-likeness (QED) is 0.595. The zero-order chi connectivity index (χ0) is 19.8. The average Bonchev–Trinajstić information content (AvgIpc) is 3.13. The van der Waals surface area contributed by atoms with Crippen LogP contribution in [0.5, 0.6) is 0 Å². The Morgan fingerprint density at radius 1 is 1.00 bits per heavy atom. The molecule has 0 aliphatic rings. The Balaban J connectivity index is 1.81. The minimum absolute atomic E-state index is 0.0993.